The molecule has 1 N–H and O–H groups in total. The average Bonchev–Trinajstić information content (AvgIpc) is 3.28. The lowest BCUT2D eigenvalue weighted by molar-refractivity contribution is 0.0716. The number of aromatic nitrogens is 3. The third-order valence-corrected chi connectivity index (χ3v) is 4.78. The number of carbonyl (C=O) groups is 1. The summed E-state index contributed by atoms with van der Waals surface area (Å²) in [7, 11) is 0. The molecule has 1 aliphatic rings. The van der Waals surface area contributed by atoms with Gasteiger partial charge in [-0.1, -0.05) is 30.3 Å². The Labute approximate surface area is 145 Å². The molecule has 6 nitrogen and oxygen atoms in total. The second kappa shape index (κ2) is 6.64. The van der Waals surface area contributed by atoms with Crippen molar-refractivity contribution < 1.29 is 9.90 Å². The van der Waals surface area contributed by atoms with Crippen molar-refractivity contribution in [2.24, 2.45) is 0 Å². The van der Waals surface area contributed by atoms with E-state index in [0.717, 1.165) is 30.8 Å². The lowest BCUT2D eigenvalue weighted by Gasteiger charge is -2.24. The third kappa shape index (κ3) is 2.89. The van der Waals surface area contributed by atoms with Crippen LogP contribution in [0.2, 0.25) is 0 Å². The number of benzene rings is 1. The zero-order valence-corrected chi connectivity index (χ0v) is 13.9. The molecule has 3 aromatic rings. The van der Waals surface area contributed by atoms with Crippen LogP contribution in [0.3, 0.4) is 0 Å². The van der Waals surface area contributed by atoms with Crippen molar-refractivity contribution in [3.8, 4) is 11.4 Å². The molecule has 4 rings (SSSR count). The minimum absolute atomic E-state index is 0.00515. The molecular formula is C19H20N4O2. The number of aliphatic hydroxyl groups excluding tert-OH is 1. The maximum Gasteiger partial charge on any atom is 0.255 e. The number of hydrogen-bond donors (Lipinski definition) is 1. The lowest BCUT2D eigenvalue weighted by atomic mass is 10.1. The van der Waals surface area contributed by atoms with Gasteiger partial charge in [0.15, 0.2) is 11.5 Å². The summed E-state index contributed by atoms with van der Waals surface area (Å²) in [5.41, 5.74) is 2.29. The van der Waals surface area contributed by atoms with Crippen molar-refractivity contribution in [1.82, 2.24) is 19.5 Å². The molecule has 25 heavy (non-hydrogen) atoms. The highest BCUT2D eigenvalue weighted by Crippen LogP contribution is 2.24. The highest BCUT2D eigenvalue weighted by Gasteiger charge is 2.29. The maximum absolute atomic E-state index is 12.9. The molecule has 128 valence electrons. The average molecular weight is 336 g/mol. The molecule has 1 aromatic carbocycles. The molecule has 0 saturated carbocycles. The van der Waals surface area contributed by atoms with Crippen LogP contribution in [0.5, 0.6) is 0 Å². The van der Waals surface area contributed by atoms with Gasteiger partial charge in [-0.25, -0.2) is 0 Å². The van der Waals surface area contributed by atoms with Crippen LogP contribution < -0.4 is 0 Å². The van der Waals surface area contributed by atoms with Gasteiger partial charge in [-0.05, 0) is 31.4 Å². The van der Waals surface area contributed by atoms with Crippen molar-refractivity contribution in [2.45, 2.75) is 25.3 Å². The molecule has 1 unspecified atom stereocenters. The molecular weight excluding hydrogens is 316 g/mol. The fourth-order valence-corrected chi connectivity index (χ4v) is 3.52. The fraction of sp³-hybridized carbons (Fsp3) is 0.316. The van der Waals surface area contributed by atoms with E-state index in [2.05, 4.69) is 10.2 Å². The molecule has 1 atom stereocenters. The second-order valence-corrected chi connectivity index (χ2v) is 6.34. The van der Waals surface area contributed by atoms with Crippen LogP contribution in [-0.4, -0.2) is 49.7 Å². The molecule has 6 heteroatoms. The number of likely N-dealkylation sites (tertiary alicyclic amines) is 1. The van der Waals surface area contributed by atoms with Crippen LogP contribution in [0.1, 0.15) is 29.6 Å². The highest BCUT2D eigenvalue weighted by molar-refractivity contribution is 5.94. The Bertz CT molecular complexity index is 891. The van der Waals surface area contributed by atoms with E-state index in [1.807, 2.05) is 51.9 Å². The van der Waals surface area contributed by atoms with Crippen LogP contribution >= 0.6 is 0 Å². The van der Waals surface area contributed by atoms with Crippen molar-refractivity contribution in [2.75, 3.05) is 13.2 Å². The Morgan fingerprint density at radius 3 is 2.80 bits per heavy atom. The molecule has 0 aliphatic carbocycles. The molecule has 1 aliphatic heterocycles. The summed E-state index contributed by atoms with van der Waals surface area (Å²) >= 11 is 0. The van der Waals surface area contributed by atoms with E-state index in [4.69, 9.17) is 0 Å². The first-order chi connectivity index (χ1) is 12.3. The number of rotatable bonds is 4. The van der Waals surface area contributed by atoms with Crippen molar-refractivity contribution >= 4 is 11.6 Å². The van der Waals surface area contributed by atoms with Crippen LogP contribution in [0, 0.1) is 0 Å². The number of fused-ring (bicyclic) bond motifs is 1. The summed E-state index contributed by atoms with van der Waals surface area (Å²) in [6, 6.07) is 13.6. The Balaban J connectivity index is 1.70. The van der Waals surface area contributed by atoms with E-state index in [1.165, 1.54) is 0 Å². The molecule has 0 radical (unpaired) electrons. The summed E-state index contributed by atoms with van der Waals surface area (Å²) in [5.74, 6) is 0.726. The molecule has 1 saturated heterocycles. The van der Waals surface area contributed by atoms with Gasteiger partial charge in [-0.2, -0.15) is 0 Å². The Morgan fingerprint density at radius 1 is 1.16 bits per heavy atom. The first-order valence-corrected chi connectivity index (χ1v) is 8.60. The minimum atomic E-state index is 0.00515. The van der Waals surface area contributed by atoms with Crippen LogP contribution in [0.4, 0.5) is 0 Å². The quantitative estimate of drug-likeness (QED) is 0.794. The van der Waals surface area contributed by atoms with Gasteiger partial charge in [-0.3, -0.25) is 9.20 Å². The molecule has 2 aromatic heterocycles. The first-order valence-electron chi connectivity index (χ1n) is 8.60. The summed E-state index contributed by atoms with van der Waals surface area (Å²) in [4.78, 5) is 14.8. The Kier molecular flexibility index (Phi) is 4.19. The van der Waals surface area contributed by atoms with E-state index < -0.39 is 0 Å². The first kappa shape index (κ1) is 15.8. The van der Waals surface area contributed by atoms with E-state index in [9.17, 15) is 9.90 Å². The fourth-order valence-electron chi connectivity index (χ4n) is 3.52. The van der Waals surface area contributed by atoms with Crippen LogP contribution in [-0.2, 0) is 0 Å². The molecule has 1 fully saturated rings. The lowest BCUT2D eigenvalue weighted by Crippen LogP contribution is -2.36. The van der Waals surface area contributed by atoms with Gasteiger partial charge in [0.2, 0.25) is 0 Å². The number of hydrogen-bond acceptors (Lipinski definition) is 4. The number of aliphatic hydroxyl groups is 1. The summed E-state index contributed by atoms with van der Waals surface area (Å²) in [6.45, 7) is 0.854. The predicted octanol–water partition coefficient (Wildman–Crippen LogP) is 2.38. The topological polar surface area (TPSA) is 70.7 Å². The van der Waals surface area contributed by atoms with Gasteiger partial charge >= 0.3 is 0 Å². The third-order valence-electron chi connectivity index (χ3n) is 4.78. The smallest absolute Gasteiger partial charge is 0.255 e. The van der Waals surface area contributed by atoms with Crippen molar-refractivity contribution in [3.05, 3.63) is 54.2 Å². The monoisotopic (exact) mass is 336 g/mol. The Morgan fingerprint density at radius 2 is 2.00 bits per heavy atom. The summed E-state index contributed by atoms with van der Waals surface area (Å²) < 4.78 is 1.86. The summed E-state index contributed by atoms with van der Waals surface area (Å²) in [6.07, 6.45) is 4.39. The number of pyridine rings is 1. The maximum atomic E-state index is 12.9. The largest absolute Gasteiger partial charge is 0.396 e. The van der Waals surface area contributed by atoms with E-state index >= 15 is 0 Å². The normalized spacial score (nSPS) is 17.3. The highest BCUT2D eigenvalue weighted by atomic mass is 16.3. The molecule has 0 bridgehead atoms. The van der Waals surface area contributed by atoms with Crippen molar-refractivity contribution in [1.29, 1.82) is 0 Å². The standard InChI is InChI=1S/C19H20N4O2/c24-12-10-16-7-4-11-22(16)19(25)15-8-9-17-20-21-18(23(17)13-15)14-5-2-1-3-6-14/h1-3,5-6,8-9,13,16,24H,4,7,10-12H2. The van der Waals surface area contributed by atoms with Gasteiger partial charge < -0.3 is 10.0 Å². The Hall–Kier alpha value is -2.73. The van der Waals surface area contributed by atoms with Gasteiger partial charge in [0.05, 0.1) is 5.56 Å². The van der Waals surface area contributed by atoms with Gasteiger partial charge in [0, 0.05) is 31.0 Å². The number of nitrogens with zero attached hydrogens (tertiary/aromatic N) is 4. The molecule has 0 spiro atoms. The predicted molar refractivity (Wildman–Crippen MR) is 94.2 cm³/mol. The number of carbonyl (C=O) groups excluding carboxylic acids is 1. The van der Waals surface area contributed by atoms with E-state index in [-0.39, 0.29) is 18.6 Å². The van der Waals surface area contributed by atoms with Crippen LogP contribution in [0.25, 0.3) is 17.0 Å². The number of amides is 1. The second-order valence-electron chi connectivity index (χ2n) is 6.34. The molecule has 1 amide bonds. The van der Waals surface area contributed by atoms with Crippen molar-refractivity contribution in [3.63, 3.8) is 0 Å². The van der Waals surface area contributed by atoms with Gasteiger partial charge in [0.1, 0.15) is 0 Å². The van der Waals surface area contributed by atoms with E-state index in [1.54, 1.807) is 6.07 Å². The minimum Gasteiger partial charge on any atom is -0.396 e. The van der Waals surface area contributed by atoms with Gasteiger partial charge in [0.25, 0.3) is 5.91 Å². The van der Waals surface area contributed by atoms with E-state index in [0.29, 0.717) is 17.6 Å². The summed E-state index contributed by atoms with van der Waals surface area (Å²) in [5, 5.41) is 17.7. The zero-order valence-electron chi connectivity index (χ0n) is 13.9. The van der Waals surface area contributed by atoms with Gasteiger partial charge in [-0.15, -0.1) is 10.2 Å². The SMILES string of the molecule is O=C(c1ccc2nnc(-c3ccccc3)n2c1)N1CCCC1CCO. The molecule has 3 heterocycles. The van der Waals surface area contributed by atoms with Crippen LogP contribution in [0.15, 0.2) is 48.7 Å². The zero-order chi connectivity index (χ0) is 17.2.